The smallest absolute Gasteiger partial charge is 0.0622 e. The molecule has 0 aromatic heterocycles. The summed E-state index contributed by atoms with van der Waals surface area (Å²) < 4.78 is 0. The SMILES string of the molecule is CCNCC1CCCN(CCCC#N)C1. The summed E-state index contributed by atoms with van der Waals surface area (Å²) >= 11 is 0. The minimum Gasteiger partial charge on any atom is -0.317 e. The van der Waals surface area contributed by atoms with Crippen LogP contribution in [0.2, 0.25) is 0 Å². The zero-order valence-electron chi connectivity index (χ0n) is 9.84. The van der Waals surface area contributed by atoms with E-state index in [2.05, 4.69) is 23.2 Å². The Hall–Kier alpha value is -0.590. The molecule has 1 rings (SSSR count). The van der Waals surface area contributed by atoms with E-state index in [9.17, 15) is 0 Å². The first kappa shape index (κ1) is 12.5. The molecule has 0 bridgehead atoms. The number of nitrogens with one attached hydrogen (secondary N) is 1. The zero-order valence-corrected chi connectivity index (χ0v) is 9.84. The summed E-state index contributed by atoms with van der Waals surface area (Å²) in [5.74, 6) is 0.820. The molecule has 1 unspecified atom stereocenters. The molecule has 0 saturated carbocycles. The van der Waals surface area contributed by atoms with E-state index in [0.29, 0.717) is 6.42 Å². The second kappa shape index (κ2) is 7.67. The lowest BCUT2D eigenvalue weighted by atomic mass is 9.98. The van der Waals surface area contributed by atoms with Gasteiger partial charge in [-0.15, -0.1) is 0 Å². The summed E-state index contributed by atoms with van der Waals surface area (Å²) in [6.45, 7) is 7.95. The van der Waals surface area contributed by atoms with Crippen molar-refractivity contribution < 1.29 is 0 Å². The van der Waals surface area contributed by atoms with Crippen LogP contribution < -0.4 is 5.32 Å². The van der Waals surface area contributed by atoms with E-state index in [1.54, 1.807) is 0 Å². The largest absolute Gasteiger partial charge is 0.317 e. The minimum absolute atomic E-state index is 0.703. The summed E-state index contributed by atoms with van der Waals surface area (Å²) in [4.78, 5) is 2.52. The summed E-state index contributed by atoms with van der Waals surface area (Å²) in [5, 5.41) is 11.9. The van der Waals surface area contributed by atoms with Crippen LogP contribution in [0, 0.1) is 17.2 Å². The second-order valence-electron chi connectivity index (χ2n) is 4.38. The van der Waals surface area contributed by atoms with Gasteiger partial charge in [0.2, 0.25) is 0 Å². The monoisotopic (exact) mass is 209 g/mol. The highest BCUT2D eigenvalue weighted by atomic mass is 15.1. The summed E-state index contributed by atoms with van der Waals surface area (Å²) in [6.07, 6.45) is 4.42. The molecular weight excluding hydrogens is 186 g/mol. The number of nitrogens with zero attached hydrogens (tertiary/aromatic N) is 2. The van der Waals surface area contributed by atoms with Crippen molar-refractivity contribution in [3.05, 3.63) is 0 Å². The molecule has 1 heterocycles. The number of nitriles is 1. The molecule has 1 N–H and O–H groups in total. The fourth-order valence-corrected chi connectivity index (χ4v) is 2.25. The highest BCUT2D eigenvalue weighted by Crippen LogP contribution is 2.15. The van der Waals surface area contributed by atoms with Crippen molar-refractivity contribution in [2.75, 3.05) is 32.7 Å². The predicted octanol–water partition coefficient (Wildman–Crippen LogP) is 1.61. The number of piperidine rings is 1. The lowest BCUT2D eigenvalue weighted by Gasteiger charge is -2.32. The van der Waals surface area contributed by atoms with Crippen LogP contribution in [0.3, 0.4) is 0 Å². The van der Waals surface area contributed by atoms with Gasteiger partial charge in [-0.3, -0.25) is 0 Å². The van der Waals surface area contributed by atoms with Crippen LogP contribution >= 0.6 is 0 Å². The quantitative estimate of drug-likeness (QED) is 0.676. The van der Waals surface area contributed by atoms with Gasteiger partial charge in [-0.05, 0) is 51.4 Å². The molecule has 1 saturated heterocycles. The van der Waals surface area contributed by atoms with Crippen LogP contribution in [-0.4, -0.2) is 37.6 Å². The molecule has 1 aliphatic rings. The van der Waals surface area contributed by atoms with Gasteiger partial charge >= 0.3 is 0 Å². The van der Waals surface area contributed by atoms with Crippen LogP contribution in [-0.2, 0) is 0 Å². The second-order valence-corrected chi connectivity index (χ2v) is 4.38. The van der Waals surface area contributed by atoms with Gasteiger partial charge in [0, 0.05) is 13.0 Å². The maximum atomic E-state index is 8.49. The Bertz CT molecular complexity index is 198. The van der Waals surface area contributed by atoms with Gasteiger partial charge in [-0.1, -0.05) is 6.92 Å². The molecule has 1 atom stereocenters. The fourth-order valence-electron chi connectivity index (χ4n) is 2.25. The number of rotatable bonds is 6. The van der Waals surface area contributed by atoms with Gasteiger partial charge in [0.05, 0.1) is 6.07 Å². The van der Waals surface area contributed by atoms with E-state index in [1.165, 1.54) is 25.9 Å². The van der Waals surface area contributed by atoms with Crippen LogP contribution in [0.5, 0.6) is 0 Å². The zero-order chi connectivity index (χ0) is 10.9. The third kappa shape index (κ3) is 5.15. The number of likely N-dealkylation sites (tertiary alicyclic amines) is 1. The Morgan fingerprint density at radius 1 is 1.53 bits per heavy atom. The standard InChI is InChI=1S/C12H23N3/c1-2-14-10-12-6-5-9-15(11-12)8-4-3-7-13/h12,14H,2-6,8-11H2,1H3. The molecule has 0 spiro atoms. The number of hydrogen-bond acceptors (Lipinski definition) is 3. The fraction of sp³-hybridized carbons (Fsp3) is 0.917. The van der Waals surface area contributed by atoms with Gasteiger partial charge in [-0.25, -0.2) is 0 Å². The van der Waals surface area contributed by atoms with Crippen molar-refractivity contribution in [3.63, 3.8) is 0 Å². The van der Waals surface area contributed by atoms with Crippen molar-refractivity contribution in [1.29, 1.82) is 5.26 Å². The average molecular weight is 209 g/mol. The maximum absolute atomic E-state index is 8.49. The van der Waals surface area contributed by atoms with Gasteiger partial charge in [0.25, 0.3) is 0 Å². The first-order valence-electron chi connectivity index (χ1n) is 6.16. The van der Waals surface area contributed by atoms with E-state index < -0.39 is 0 Å². The van der Waals surface area contributed by atoms with E-state index >= 15 is 0 Å². The first-order chi connectivity index (χ1) is 7.36. The summed E-state index contributed by atoms with van der Waals surface area (Å²) in [5.41, 5.74) is 0. The van der Waals surface area contributed by atoms with Crippen molar-refractivity contribution >= 4 is 0 Å². The van der Waals surface area contributed by atoms with E-state index in [4.69, 9.17) is 5.26 Å². The van der Waals surface area contributed by atoms with Crippen LogP contribution in [0.25, 0.3) is 0 Å². The van der Waals surface area contributed by atoms with E-state index in [0.717, 1.165) is 32.0 Å². The third-order valence-electron chi connectivity index (χ3n) is 3.05. The Labute approximate surface area is 93.5 Å². The maximum Gasteiger partial charge on any atom is 0.0622 e. The molecule has 15 heavy (non-hydrogen) atoms. The first-order valence-corrected chi connectivity index (χ1v) is 6.16. The van der Waals surface area contributed by atoms with Gasteiger partial charge in [0.15, 0.2) is 0 Å². The lowest BCUT2D eigenvalue weighted by Crippen LogP contribution is -2.40. The molecule has 0 amide bonds. The third-order valence-corrected chi connectivity index (χ3v) is 3.05. The summed E-state index contributed by atoms with van der Waals surface area (Å²) in [7, 11) is 0. The van der Waals surface area contributed by atoms with Crippen LogP contribution in [0.1, 0.15) is 32.6 Å². The van der Waals surface area contributed by atoms with Crippen molar-refractivity contribution in [2.45, 2.75) is 32.6 Å². The number of hydrogen-bond donors (Lipinski definition) is 1. The van der Waals surface area contributed by atoms with E-state index in [1.807, 2.05) is 0 Å². The molecule has 1 fully saturated rings. The highest BCUT2D eigenvalue weighted by Gasteiger charge is 2.18. The molecule has 0 radical (unpaired) electrons. The Morgan fingerprint density at radius 3 is 3.13 bits per heavy atom. The average Bonchev–Trinajstić information content (AvgIpc) is 2.27. The Kier molecular flexibility index (Phi) is 6.38. The molecular formula is C12H23N3. The highest BCUT2D eigenvalue weighted by molar-refractivity contribution is 4.76. The number of unbranched alkanes of at least 4 members (excludes halogenated alkanes) is 1. The molecule has 1 aliphatic heterocycles. The molecule has 3 nitrogen and oxygen atoms in total. The molecule has 0 aromatic carbocycles. The molecule has 3 heteroatoms. The molecule has 0 aromatic rings. The van der Waals surface area contributed by atoms with Crippen molar-refractivity contribution in [2.24, 2.45) is 5.92 Å². The van der Waals surface area contributed by atoms with Gasteiger partial charge in [0.1, 0.15) is 0 Å². The minimum atomic E-state index is 0.703. The van der Waals surface area contributed by atoms with Gasteiger partial charge in [-0.2, -0.15) is 5.26 Å². The van der Waals surface area contributed by atoms with Crippen molar-refractivity contribution in [3.8, 4) is 6.07 Å². The predicted molar refractivity (Wildman–Crippen MR) is 62.6 cm³/mol. The topological polar surface area (TPSA) is 39.1 Å². The molecule has 0 aliphatic carbocycles. The van der Waals surface area contributed by atoms with Crippen LogP contribution in [0.15, 0.2) is 0 Å². The van der Waals surface area contributed by atoms with Gasteiger partial charge < -0.3 is 10.2 Å². The Morgan fingerprint density at radius 2 is 2.40 bits per heavy atom. The Balaban J connectivity index is 2.14. The normalized spacial score (nSPS) is 22.5. The van der Waals surface area contributed by atoms with Crippen LogP contribution in [0.4, 0.5) is 0 Å². The van der Waals surface area contributed by atoms with Crippen molar-refractivity contribution in [1.82, 2.24) is 10.2 Å². The van der Waals surface area contributed by atoms with E-state index in [-0.39, 0.29) is 0 Å². The molecule has 86 valence electrons. The summed E-state index contributed by atoms with van der Waals surface area (Å²) in [6, 6.07) is 2.21. The lowest BCUT2D eigenvalue weighted by molar-refractivity contribution is 0.172.